The van der Waals surface area contributed by atoms with Gasteiger partial charge in [0.05, 0.1) is 0 Å². The van der Waals surface area contributed by atoms with E-state index in [9.17, 15) is 4.57 Å². The minimum atomic E-state index is -4.51. The highest BCUT2D eigenvalue weighted by molar-refractivity contribution is 7.46. The fourth-order valence-corrected chi connectivity index (χ4v) is 3.36. The molecule has 0 amide bonds. The van der Waals surface area contributed by atoms with Crippen molar-refractivity contribution in [3.63, 3.8) is 0 Å². The van der Waals surface area contributed by atoms with Crippen LogP contribution in [0.15, 0.2) is 24.3 Å². The average Bonchev–Trinajstić information content (AvgIpc) is 2.41. The van der Waals surface area contributed by atoms with E-state index in [0.717, 1.165) is 24.8 Å². The van der Waals surface area contributed by atoms with Gasteiger partial charge >= 0.3 is 7.82 Å². The van der Waals surface area contributed by atoms with Gasteiger partial charge in [-0.2, -0.15) is 0 Å². The zero-order chi connectivity index (χ0) is 17.5. The highest BCUT2D eigenvalue weighted by atomic mass is 31.2. The molecule has 1 rings (SSSR count). The Morgan fingerprint density at radius 3 is 2.30 bits per heavy atom. The lowest BCUT2D eigenvalue weighted by atomic mass is 9.75. The van der Waals surface area contributed by atoms with Crippen LogP contribution >= 0.6 is 7.82 Å². The Hall–Kier alpha value is -0.830. The van der Waals surface area contributed by atoms with E-state index >= 15 is 0 Å². The number of para-hydroxylation sites is 1. The Morgan fingerprint density at radius 2 is 1.74 bits per heavy atom. The first-order valence-electron chi connectivity index (χ1n) is 8.46. The van der Waals surface area contributed by atoms with E-state index in [1.807, 2.05) is 12.1 Å². The standard InChI is InChI=1S/C18H31O4P/c1-5-6-12-16(18(2,3)4)13-9-11-15-10-7-8-14-17(15)22-23(19,20)21/h7-8,10,14,16H,5-6,9,11-13H2,1-4H3,(H2,19,20,21). The predicted molar refractivity (Wildman–Crippen MR) is 94.5 cm³/mol. The van der Waals surface area contributed by atoms with Crippen LogP contribution < -0.4 is 4.52 Å². The van der Waals surface area contributed by atoms with Crippen LogP contribution in [0.1, 0.15) is 65.4 Å². The molecule has 5 heteroatoms. The van der Waals surface area contributed by atoms with Gasteiger partial charge in [0.2, 0.25) is 0 Å². The van der Waals surface area contributed by atoms with Crippen molar-refractivity contribution in [1.29, 1.82) is 0 Å². The van der Waals surface area contributed by atoms with Crippen LogP contribution in [0.2, 0.25) is 0 Å². The quantitative estimate of drug-likeness (QED) is 0.595. The maximum atomic E-state index is 11.1. The largest absolute Gasteiger partial charge is 0.524 e. The highest BCUT2D eigenvalue weighted by Gasteiger charge is 2.24. The van der Waals surface area contributed by atoms with Crippen molar-refractivity contribution in [2.24, 2.45) is 11.3 Å². The number of benzene rings is 1. The second kappa shape index (κ2) is 8.86. The molecule has 1 atom stereocenters. The monoisotopic (exact) mass is 342 g/mol. The van der Waals surface area contributed by atoms with E-state index in [0.29, 0.717) is 11.7 Å². The first kappa shape index (κ1) is 20.2. The molecule has 1 aromatic rings. The summed E-state index contributed by atoms with van der Waals surface area (Å²) in [6, 6.07) is 7.10. The average molecular weight is 342 g/mol. The van der Waals surface area contributed by atoms with Gasteiger partial charge < -0.3 is 4.52 Å². The third-order valence-electron chi connectivity index (χ3n) is 4.32. The summed E-state index contributed by atoms with van der Waals surface area (Å²) >= 11 is 0. The van der Waals surface area contributed by atoms with Crippen molar-refractivity contribution in [1.82, 2.24) is 0 Å². The number of hydrogen-bond donors (Lipinski definition) is 2. The Bertz CT molecular complexity index is 516. The van der Waals surface area contributed by atoms with Gasteiger partial charge in [0, 0.05) is 0 Å². The van der Waals surface area contributed by atoms with E-state index in [2.05, 4.69) is 27.7 Å². The third kappa shape index (κ3) is 8.01. The normalized spacial score (nSPS) is 13.8. The van der Waals surface area contributed by atoms with Crippen LogP contribution in [0.4, 0.5) is 0 Å². The molecule has 0 bridgehead atoms. The van der Waals surface area contributed by atoms with Gasteiger partial charge in [0.15, 0.2) is 0 Å². The first-order chi connectivity index (χ1) is 10.6. The molecule has 1 unspecified atom stereocenters. The minimum Gasteiger partial charge on any atom is -0.404 e. The van der Waals surface area contributed by atoms with Gasteiger partial charge in [-0.3, -0.25) is 9.79 Å². The molecule has 1 aromatic carbocycles. The maximum Gasteiger partial charge on any atom is 0.524 e. The number of unbranched alkanes of at least 4 members (excludes halogenated alkanes) is 1. The van der Waals surface area contributed by atoms with Gasteiger partial charge in [0.1, 0.15) is 5.75 Å². The minimum absolute atomic E-state index is 0.289. The predicted octanol–water partition coefficient (Wildman–Crippen LogP) is 5.33. The van der Waals surface area contributed by atoms with Gasteiger partial charge in [-0.1, -0.05) is 58.7 Å². The summed E-state index contributed by atoms with van der Waals surface area (Å²) in [6.45, 7) is 9.09. The summed E-state index contributed by atoms with van der Waals surface area (Å²) in [5.41, 5.74) is 1.15. The summed E-state index contributed by atoms with van der Waals surface area (Å²) in [6.07, 6.45) is 6.59. The molecule has 0 aliphatic heterocycles. The molecule has 2 N–H and O–H groups in total. The molecular formula is C18H31O4P. The molecule has 0 aliphatic carbocycles. The molecule has 23 heavy (non-hydrogen) atoms. The summed E-state index contributed by atoms with van der Waals surface area (Å²) in [5, 5.41) is 0. The Morgan fingerprint density at radius 1 is 1.13 bits per heavy atom. The summed E-state index contributed by atoms with van der Waals surface area (Å²) in [5.74, 6) is 0.957. The molecule has 0 saturated carbocycles. The second-order valence-corrected chi connectivity index (χ2v) is 8.45. The van der Waals surface area contributed by atoms with Crippen LogP contribution in [0, 0.1) is 11.3 Å². The van der Waals surface area contributed by atoms with Crippen molar-refractivity contribution in [3.8, 4) is 5.75 Å². The number of aryl methyl sites for hydroxylation is 1. The molecule has 0 fully saturated rings. The van der Waals surface area contributed by atoms with Crippen LogP contribution in [-0.2, 0) is 11.0 Å². The summed E-state index contributed by atoms with van der Waals surface area (Å²) < 4.78 is 15.8. The van der Waals surface area contributed by atoms with Crippen LogP contribution in [0.5, 0.6) is 5.75 Å². The zero-order valence-corrected chi connectivity index (χ0v) is 15.7. The number of hydrogen-bond acceptors (Lipinski definition) is 2. The van der Waals surface area contributed by atoms with E-state index < -0.39 is 7.82 Å². The van der Waals surface area contributed by atoms with Crippen LogP contribution in [0.25, 0.3) is 0 Å². The molecule has 0 aromatic heterocycles. The molecule has 132 valence electrons. The fraction of sp³-hybridized carbons (Fsp3) is 0.667. The fourth-order valence-electron chi connectivity index (χ4n) is 2.93. The molecule has 0 heterocycles. The summed E-state index contributed by atoms with van der Waals surface area (Å²) in [7, 11) is -4.51. The van der Waals surface area contributed by atoms with Crippen molar-refractivity contribution in [3.05, 3.63) is 29.8 Å². The Kier molecular flexibility index (Phi) is 7.79. The molecule has 0 spiro atoms. The van der Waals surface area contributed by atoms with E-state index in [4.69, 9.17) is 14.3 Å². The lowest BCUT2D eigenvalue weighted by Crippen LogP contribution is -2.20. The second-order valence-electron chi connectivity index (χ2n) is 7.29. The van der Waals surface area contributed by atoms with E-state index in [-0.39, 0.29) is 5.41 Å². The maximum absolute atomic E-state index is 11.1. The topological polar surface area (TPSA) is 66.8 Å². The Balaban J connectivity index is 2.65. The van der Waals surface area contributed by atoms with Gasteiger partial charge in [-0.15, -0.1) is 0 Å². The molecular weight excluding hydrogens is 311 g/mol. The molecule has 4 nitrogen and oxygen atoms in total. The van der Waals surface area contributed by atoms with E-state index in [1.54, 1.807) is 12.1 Å². The first-order valence-corrected chi connectivity index (χ1v) is 9.99. The molecule has 0 radical (unpaired) electrons. The number of rotatable bonds is 9. The van der Waals surface area contributed by atoms with Crippen molar-refractivity contribution in [2.45, 2.75) is 66.2 Å². The molecule has 0 saturated heterocycles. The molecule has 0 aliphatic rings. The van der Waals surface area contributed by atoms with Crippen molar-refractivity contribution >= 4 is 7.82 Å². The highest BCUT2D eigenvalue weighted by Crippen LogP contribution is 2.40. The number of phosphoric ester groups is 1. The van der Waals surface area contributed by atoms with Crippen molar-refractivity contribution in [2.75, 3.05) is 0 Å². The van der Waals surface area contributed by atoms with Crippen molar-refractivity contribution < 1.29 is 18.9 Å². The Labute approximate surface area is 140 Å². The third-order valence-corrected chi connectivity index (χ3v) is 4.75. The smallest absolute Gasteiger partial charge is 0.404 e. The summed E-state index contributed by atoms with van der Waals surface area (Å²) in [4.78, 5) is 18.0. The van der Waals surface area contributed by atoms with Crippen LogP contribution in [0.3, 0.4) is 0 Å². The lowest BCUT2D eigenvalue weighted by molar-refractivity contribution is 0.204. The number of phosphoric acid groups is 1. The SMILES string of the molecule is CCCCC(CCCc1ccccc1OP(=O)(O)O)C(C)(C)C. The van der Waals surface area contributed by atoms with Gasteiger partial charge in [0.25, 0.3) is 0 Å². The van der Waals surface area contributed by atoms with Crippen LogP contribution in [-0.4, -0.2) is 9.79 Å². The van der Waals surface area contributed by atoms with E-state index in [1.165, 1.54) is 19.3 Å². The lowest BCUT2D eigenvalue weighted by Gasteiger charge is -2.31. The van der Waals surface area contributed by atoms with Gasteiger partial charge in [-0.05, 0) is 48.6 Å². The van der Waals surface area contributed by atoms with Gasteiger partial charge in [-0.25, -0.2) is 4.57 Å². The zero-order valence-electron chi connectivity index (χ0n) is 14.8.